The van der Waals surface area contributed by atoms with E-state index in [9.17, 15) is 22.8 Å². The predicted molar refractivity (Wildman–Crippen MR) is 93.7 cm³/mol. The summed E-state index contributed by atoms with van der Waals surface area (Å²) in [6.07, 6.45) is 1.50. The van der Waals surface area contributed by atoms with Crippen LogP contribution in [0.1, 0.15) is 37.0 Å². The minimum atomic E-state index is -3.86. The van der Waals surface area contributed by atoms with Crippen molar-refractivity contribution in [2.45, 2.75) is 43.7 Å². The average Bonchev–Trinajstić information content (AvgIpc) is 3.35. The molecule has 26 heavy (non-hydrogen) atoms. The number of hydrogen-bond acceptors (Lipinski definition) is 5. The fourth-order valence-electron chi connectivity index (χ4n) is 1.90. The van der Waals surface area contributed by atoms with Crippen LogP contribution >= 0.6 is 11.6 Å². The highest BCUT2D eigenvalue weighted by Crippen LogP contribution is 2.26. The van der Waals surface area contributed by atoms with Crippen molar-refractivity contribution in [3.05, 3.63) is 28.8 Å². The van der Waals surface area contributed by atoms with E-state index in [0.29, 0.717) is 0 Å². The number of carbonyl (C=O) groups is 3. The maximum absolute atomic E-state index is 12.3. The van der Waals surface area contributed by atoms with Crippen molar-refractivity contribution >= 4 is 39.3 Å². The number of amides is 3. The Hall–Kier alpha value is -2.17. The van der Waals surface area contributed by atoms with Gasteiger partial charge >= 0.3 is 11.8 Å². The lowest BCUT2D eigenvalue weighted by molar-refractivity contribution is -0.139. The van der Waals surface area contributed by atoms with E-state index in [4.69, 9.17) is 11.6 Å². The average molecular weight is 403 g/mol. The molecule has 0 heterocycles. The second-order valence-corrected chi connectivity index (χ2v) is 8.17. The van der Waals surface area contributed by atoms with Crippen LogP contribution in [-0.2, 0) is 19.6 Å². The Balaban J connectivity index is 2.06. The molecule has 1 aromatic carbocycles. The number of hydrazine groups is 1. The first-order valence-corrected chi connectivity index (χ1v) is 9.69. The van der Waals surface area contributed by atoms with Gasteiger partial charge in [-0.2, -0.15) is 0 Å². The molecule has 1 aromatic rings. The topological polar surface area (TPSA) is 133 Å². The first-order valence-electron chi connectivity index (χ1n) is 7.83. The van der Waals surface area contributed by atoms with Gasteiger partial charge in [0.15, 0.2) is 0 Å². The molecule has 11 heteroatoms. The van der Waals surface area contributed by atoms with Gasteiger partial charge in [0, 0.05) is 17.6 Å². The van der Waals surface area contributed by atoms with E-state index in [1.54, 1.807) is 13.8 Å². The molecule has 0 saturated heterocycles. The van der Waals surface area contributed by atoms with Crippen LogP contribution in [0.4, 0.5) is 0 Å². The summed E-state index contributed by atoms with van der Waals surface area (Å²) in [5.74, 6) is -2.76. The van der Waals surface area contributed by atoms with Crippen molar-refractivity contribution < 1.29 is 22.8 Å². The molecule has 0 unspecified atom stereocenters. The van der Waals surface area contributed by atoms with Crippen LogP contribution in [0, 0.1) is 0 Å². The second-order valence-electron chi connectivity index (χ2n) is 6.08. The first-order chi connectivity index (χ1) is 12.1. The lowest BCUT2D eigenvalue weighted by atomic mass is 10.2. The highest BCUT2D eigenvalue weighted by molar-refractivity contribution is 7.89. The quantitative estimate of drug-likeness (QED) is 0.408. The van der Waals surface area contributed by atoms with Crippen LogP contribution in [0.15, 0.2) is 23.1 Å². The van der Waals surface area contributed by atoms with Crippen LogP contribution in [0.3, 0.4) is 0 Å². The Morgan fingerprint density at radius 3 is 2.35 bits per heavy atom. The normalized spacial score (nSPS) is 14.0. The van der Waals surface area contributed by atoms with Crippen LogP contribution in [0.5, 0.6) is 0 Å². The van der Waals surface area contributed by atoms with E-state index in [-0.39, 0.29) is 27.6 Å². The maximum atomic E-state index is 12.3. The summed E-state index contributed by atoms with van der Waals surface area (Å²) in [5.41, 5.74) is 3.95. The van der Waals surface area contributed by atoms with Gasteiger partial charge < -0.3 is 5.32 Å². The van der Waals surface area contributed by atoms with Gasteiger partial charge in [-0.05, 0) is 44.9 Å². The summed E-state index contributed by atoms with van der Waals surface area (Å²) in [7, 11) is -3.86. The summed E-state index contributed by atoms with van der Waals surface area (Å²) in [5, 5.41) is 2.33. The minimum Gasteiger partial charge on any atom is -0.346 e. The Kier molecular flexibility index (Phi) is 6.21. The number of halogens is 1. The molecule has 0 atom stereocenters. The number of rotatable bonds is 5. The van der Waals surface area contributed by atoms with Gasteiger partial charge in [-0.15, -0.1) is 0 Å². The van der Waals surface area contributed by atoms with E-state index < -0.39 is 27.7 Å². The third-order valence-corrected chi connectivity index (χ3v) is 5.30. The van der Waals surface area contributed by atoms with E-state index in [0.717, 1.165) is 18.9 Å². The van der Waals surface area contributed by atoms with Crippen LogP contribution < -0.4 is 20.9 Å². The zero-order valence-electron chi connectivity index (χ0n) is 14.1. The molecule has 3 amide bonds. The van der Waals surface area contributed by atoms with Crippen LogP contribution in [0.25, 0.3) is 0 Å². The van der Waals surface area contributed by atoms with E-state index in [2.05, 4.69) is 10.0 Å². The standard InChI is InChI=1S/C15H19ClN4O5S/c1-8(2)17-14(22)15(23)19-18-13(21)9-3-6-11(16)12(7-9)26(24,25)20-10-4-5-10/h3,6-8,10,20H,4-5H2,1-2H3,(H,17,22)(H,18,21)(H,19,23). The van der Waals surface area contributed by atoms with E-state index >= 15 is 0 Å². The molecule has 1 aliphatic carbocycles. The Bertz CT molecular complexity index is 836. The largest absolute Gasteiger partial charge is 0.346 e. The Labute approximate surface area is 155 Å². The van der Waals surface area contributed by atoms with Crippen molar-refractivity contribution in [3.63, 3.8) is 0 Å². The molecule has 0 bridgehead atoms. The highest BCUT2D eigenvalue weighted by atomic mass is 35.5. The van der Waals surface area contributed by atoms with Gasteiger partial charge in [0.2, 0.25) is 10.0 Å². The molecular formula is C15H19ClN4O5S. The Morgan fingerprint density at radius 1 is 1.12 bits per heavy atom. The zero-order valence-corrected chi connectivity index (χ0v) is 15.7. The molecule has 0 spiro atoms. The second kappa shape index (κ2) is 8.02. The van der Waals surface area contributed by atoms with Gasteiger partial charge in [-0.25, -0.2) is 13.1 Å². The van der Waals surface area contributed by atoms with Crippen LogP contribution in [-0.4, -0.2) is 38.2 Å². The van der Waals surface area contributed by atoms with Crippen molar-refractivity contribution in [2.24, 2.45) is 0 Å². The molecule has 4 N–H and O–H groups in total. The molecule has 1 fully saturated rings. The Morgan fingerprint density at radius 2 is 1.77 bits per heavy atom. The third-order valence-electron chi connectivity index (χ3n) is 3.30. The molecule has 1 saturated carbocycles. The smallest absolute Gasteiger partial charge is 0.327 e. The van der Waals surface area contributed by atoms with Gasteiger partial charge in [0.05, 0.1) is 5.02 Å². The fourth-order valence-corrected chi connectivity index (χ4v) is 3.74. The van der Waals surface area contributed by atoms with Gasteiger partial charge in [-0.3, -0.25) is 25.2 Å². The van der Waals surface area contributed by atoms with Crippen molar-refractivity contribution in [1.82, 2.24) is 20.9 Å². The lowest BCUT2D eigenvalue weighted by Gasteiger charge is -2.11. The summed E-state index contributed by atoms with van der Waals surface area (Å²) >= 11 is 5.93. The predicted octanol–water partition coefficient (Wildman–Crippen LogP) is 0.0663. The fraction of sp³-hybridized carbons (Fsp3) is 0.400. The molecule has 9 nitrogen and oxygen atoms in total. The number of sulfonamides is 1. The summed E-state index contributed by atoms with van der Waals surface area (Å²) < 4.78 is 27.0. The van der Waals surface area contributed by atoms with Crippen molar-refractivity contribution in [1.29, 1.82) is 0 Å². The van der Waals surface area contributed by atoms with Gasteiger partial charge in [0.1, 0.15) is 4.90 Å². The number of carbonyl (C=O) groups excluding carboxylic acids is 3. The SMILES string of the molecule is CC(C)NC(=O)C(=O)NNC(=O)c1ccc(Cl)c(S(=O)(=O)NC2CC2)c1. The molecule has 0 aliphatic heterocycles. The molecule has 2 rings (SSSR count). The highest BCUT2D eigenvalue weighted by Gasteiger charge is 2.29. The summed E-state index contributed by atoms with van der Waals surface area (Å²) in [6.45, 7) is 3.35. The summed E-state index contributed by atoms with van der Waals surface area (Å²) in [4.78, 5) is 34.9. The number of benzene rings is 1. The summed E-state index contributed by atoms with van der Waals surface area (Å²) in [6, 6.07) is 3.31. The van der Waals surface area contributed by atoms with Crippen molar-refractivity contribution in [3.8, 4) is 0 Å². The molecular weight excluding hydrogens is 384 g/mol. The van der Waals surface area contributed by atoms with E-state index in [1.807, 2.05) is 10.9 Å². The monoisotopic (exact) mass is 402 g/mol. The zero-order chi connectivity index (χ0) is 19.5. The molecule has 142 valence electrons. The lowest BCUT2D eigenvalue weighted by Crippen LogP contribution is -2.49. The van der Waals surface area contributed by atoms with Gasteiger partial charge in [0.25, 0.3) is 5.91 Å². The van der Waals surface area contributed by atoms with E-state index in [1.165, 1.54) is 12.1 Å². The third kappa shape index (κ3) is 5.41. The number of nitrogens with one attached hydrogen (secondary N) is 4. The number of hydrogen-bond donors (Lipinski definition) is 4. The molecule has 1 aliphatic rings. The molecule has 0 radical (unpaired) electrons. The van der Waals surface area contributed by atoms with Crippen molar-refractivity contribution in [2.75, 3.05) is 0 Å². The first kappa shape index (κ1) is 20.1. The van der Waals surface area contributed by atoms with Crippen LogP contribution in [0.2, 0.25) is 5.02 Å². The maximum Gasteiger partial charge on any atom is 0.327 e. The molecule has 0 aromatic heterocycles. The van der Waals surface area contributed by atoms with Gasteiger partial charge in [-0.1, -0.05) is 11.6 Å². The minimum absolute atomic E-state index is 0.0324.